The average molecular weight is 312 g/mol. The molecule has 4 aliphatic rings. The zero-order valence-corrected chi connectivity index (χ0v) is 14.4. The molecule has 0 bridgehead atoms. The minimum atomic E-state index is 0.627. The highest BCUT2D eigenvalue weighted by atomic mass is 15.2. The Bertz CT molecular complexity index is 622. The molecule has 23 heavy (non-hydrogen) atoms. The molecule has 1 saturated heterocycles. The van der Waals surface area contributed by atoms with E-state index < -0.39 is 0 Å². The molecule has 2 heterocycles. The van der Waals surface area contributed by atoms with E-state index in [-0.39, 0.29) is 0 Å². The zero-order valence-electron chi connectivity index (χ0n) is 14.4. The van der Waals surface area contributed by atoms with Crippen LogP contribution in [0.4, 0.5) is 11.5 Å². The second-order valence-corrected chi connectivity index (χ2v) is 8.84. The lowest BCUT2D eigenvalue weighted by molar-refractivity contribution is 0.342. The van der Waals surface area contributed by atoms with E-state index in [1.165, 1.54) is 37.8 Å². The van der Waals surface area contributed by atoms with Gasteiger partial charge in [-0.1, -0.05) is 13.8 Å². The molecule has 0 radical (unpaired) electrons. The maximum Gasteiger partial charge on any atom is 0.150 e. The van der Waals surface area contributed by atoms with E-state index in [0.717, 1.165) is 48.6 Å². The molecule has 1 aromatic heterocycles. The third-order valence-electron chi connectivity index (χ3n) is 7.72. The second-order valence-electron chi connectivity index (χ2n) is 8.84. The number of nitrogens with zero attached hydrogens (tertiary/aromatic N) is 3. The van der Waals surface area contributed by atoms with E-state index in [4.69, 9.17) is 0 Å². The summed E-state index contributed by atoms with van der Waals surface area (Å²) in [7, 11) is 0. The molecule has 3 aliphatic carbocycles. The Morgan fingerprint density at radius 3 is 2.91 bits per heavy atom. The van der Waals surface area contributed by atoms with Gasteiger partial charge in [0.05, 0.1) is 11.9 Å². The van der Waals surface area contributed by atoms with Crippen LogP contribution < -0.4 is 10.2 Å². The summed E-state index contributed by atoms with van der Waals surface area (Å²) in [5.74, 6) is 3.79. The summed E-state index contributed by atoms with van der Waals surface area (Å²) in [5, 5.41) is 12.1. The fourth-order valence-electron chi connectivity index (χ4n) is 6.31. The molecule has 4 heteroatoms. The Kier molecular flexibility index (Phi) is 2.82. The highest BCUT2D eigenvalue weighted by Gasteiger charge is 2.84. The molecular formula is C19H28N4. The smallest absolute Gasteiger partial charge is 0.150 e. The molecule has 0 amide bonds. The number of hydrogen-bond acceptors (Lipinski definition) is 4. The number of anilines is 2. The Labute approximate surface area is 139 Å². The Morgan fingerprint density at radius 1 is 1.26 bits per heavy atom. The number of nitrogens with one attached hydrogen (secondary N) is 1. The molecule has 124 valence electrons. The molecule has 1 spiro atoms. The third kappa shape index (κ3) is 1.90. The highest BCUT2D eigenvalue weighted by Crippen LogP contribution is 2.89. The van der Waals surface area contributed by atoms with Crippen LogP contribution in [0.3, 0.4) is 0 Å². The van der Waals surface area contributed by atoms with Crippen molar-refractivity contribution in [1.82, 2.24) is 10.2 Å². The van der Waals surface area contributed by atoms with Gasteiger partial charge in [0.2, 0.25) is 0 Å². The lowest BCUT2D eigenvalue weighted by Crippen LogP contribution is -2.22. The van der Waals surface area contributed by atoms with Gasteiger partial charge < -0.3 is 10.2 Å². The van der Waals surface area contributed by atoms with Crippen LogP contribution in [0.15, 0.2) is 12.3 Å². The fourth-order valence-corrected chi connectivity index (χ4v) is 6.31. The highest BCUT2D eigenvalue weighted by molar-refractivity contribution is 5.52. The van der Waals surface area contributed by atoms with Crippen molar-refractivity contribution in [2.24, 2.45) is 28.6 Å². The number of hydrogen-bond donors (Lipinski definition) is 1. The van der Waals surface area contributed by atoms with Crippen molar-refractivity contribution in [3.05, 3.63) is 12.3 Å². The molecule has 4 fully saturated rings. The van der Waals surface area contributed by atoms with Gasteiger partial charge in [-0.05, 0) is 60.7 Å². The quantitative estimate of drug-likeness (QED) is 0.923. The molecule has 1 N–H and O–H groups in total. The van der Waals surface area contributed by atoms with Crippen molar-refractivity contribution in [1.29, 1.82) is 0 Å². The lowest BCUT2D eigenvalue weighted by Gasteiger charge is -2.22. The summed E-state index contributed by atoms with van der Waals surface area (Å²) < 4.78 is 0. The molecular weight excluding hydrogens is 284 g/mol. The first-order valence-electron chi connectivity index (χ1n) is 9.44. The van der Waals surface area contributed by atoms with Gasteiger partial charge >= 0.3 is 0 Å². The van der Waals surface area contributed by atoms with Gasteiger partial charge in [-0.2, -0.15) is 5.10 Å². The summed E-state index contributed by atoms with van der Waals surface area (Å²) in [6.07, 6.45) is 8.82. The van der Waals surface area contributed by atoms with Crippen LogP contribution in [0.25, 0.3) is 0 Å². The average Bonchev–Trinajstić information content (AvgIpc) is 3.28. The van der Waals surface area contributed by atoms with E-state index in [9.17, 15) is 0 Å². The summed E-state index contributed by atoms with van der Waals surface area (Å²) in [6.45, 7) is 8.40. The normalized spacial score (nSPS) is 39.6. The predicted molar refractivity (Wildman–Crippen MR) is 92.5 cm³/mol. The first-order chi connectivity index (χ1) is 11.1. The molecule has 3 saturated carbocycles. The monoisotopic (exact) mass is 312 g/mol. The first-order valence-corrected chi connectivity index (χ1v) is 9.44. The van der Waals surface area contributed by atoms with Gasteiger partial charge in [-0.25, -0.2) is 0 Å². The fraction of sp³-hybridized carbons (Fsp3) is 0.789. The second kappa shape index (κ2) is 4.61. The van der Waals surface area contributed by atoms with Crippen molar-refractivity contribution in [2.45, 2.75) is 46.0 Å². The van der Waals surface area contributed by atoms with Crippen molar-refractivity contribution in [3.8, 4) is 0 Å². The van der Waals surface area contributed by atoms with Crippen LogP contribution in [0.1, 0.15) is 46.0 Å². The molecule has 1 aliphatic heterocycles. The Morgan fingerprint density at radius 2 is 2.09 bits per heavy atom. The molecule has 0 aromatic carbocycles. The molecule has 4 unspecified atom stereocenters. The van der Waals surface area contributed by atoms with E-state index in [1.807, 2.05) is 6.20 Å². The summed E-state index contributed by atoms with van der Waals surface area (Å²) >= 11 is 0. The van der Waals surface area contributed by atoms with Crippen LogP contribution >= 0.6 is 0 Å². The summed E-state index contributed by atoms with van der Waals surface area (Å²) in [6, 6.07) is 2.19. The Hall–Kier alpha value is -1.32. The van der Waals surface area contributed by atoms with Gasteiger partial charge in [0.25, 0.3) is 0 Å². The van der Waals surface area contributed by atoms with Crippen LogP contribution in [0, 0.1) is 28.6 Å². The van der Waals surface area contributed by atoms with Gasteiger partial charge in [-0.3, -0.25) is 0 Å². The molecule has 4 nitrogen and oxygen atoms in total. The molecule has 5 rings (SSSR count). The van der Waals surface area contributed by atoms with Crippen molar-refractivity contribution in [2.75, 3.05) is 29.9 Å². The first kappa shape index (κ1) is 14.1. The summed E-state index contributed by atoms with van der Waals surface area (Å²) in [5.41, 5.74) is 2.60. The van der Waals surface area contributed by atoms with Gasteiger partial charge in [0.15, 0.2) is 5.82 Å². The van der Waals surface area contributed by atoms with Crippen LogP contribution in [-0.4, -0.2) is 29.8 Å². The van der Waals surface area contributed by atoms with Crippen molar-refractivity contribution < 1.29 is 0 Å². The van der Waals surface area contributed by atoms with E-state index in [0.29, 0.717) is 5.41 Å². The SMILES string of the molecule is CC1(C)C2CCC(CNc3cc(N4CCCC4)cnn3)C3CC321. The zero-order chi connectivity index (χ0) is 15.7. The van der Waals surface area contributed by atoms with Crippen LogP contribution in [-0.2, 0) is 0 Å². The number of rotatable bonds is 4. The van der Waals surface area contributed by atoms with E-state index in [1.54, 1.807) is 0 Å². The standard InChI is InChI=1S/C19H28N4/c1-18(2)16-6-5-13(15-10-19(15,16)18)11-20-17-9-14(12-21-22-17)23-7-3-4-8-23/h9,12-13,15-16H,3-8,10-11H2,1-2H3,(H,20,22). The summed E-state index contributed by atoms with van der Waals surface area (Å²) in [4.78, 5) is 2.42. The van der Waals surface area contributed by atoms with Crippen LogP contribution in [0.5, 0.6) is 0 Å². The topological polar surface area (TPSA) is 41.0 Å². The molecule has 1 aromatic rings. The largest absolute Gasteiger partial charge is 0.370 e. The van der Waals surface area contributed by atoms with E-state index >= 15 is 0 Å². The van der Waals surface area contributed by atoms with Gasteiger partial charge in [0.1, 0.15) is 0 Å². The predicted octanol–water partition coefficient (Wildman–Crippen LogP) is 3.56. The van der Waals surface area contributed by atoms with Crippen molar-refractivity contribution >= 4 is 11.5 Å². The van der Waals surface area contributed by atoms with Gasteiger partial charge in [0, 0.05) is 25.7 Å². The van der Waals surface area contributed by atoms with Crippen LogP contribution in [0.2, 0.25) is 0 Å². The lowest BCUT2D eigenvalue weighted by atomic mass is 9.89. The Balaban J connectivity index is 1.23. The van der Waals surface area contributed by atoms with Gasteiger partial charge in [-0.15, -0.1) is 5.10 Å². The maximum atomic E-state index is 4.30. The maximum absolute atomic E-state index is 4.30. The minimum absolute atomic E-state index is 0.627. The van der Waals surface area contributed by atoms with E-state index in [2.05, 4.69) is 40.3 Å². The molecule has 4 atom stereocenters. The third-order valence-corrected chi connectivity index (χ3v) is 7.72. The van der Waals surface area contributed by atoms with Crippen molar-refractivity contribution in [3.63, 3.8) is 0 Å². The minimum Gasteiger partial charge on any atom is -0.370 e. The number of aromatic nitrogens is 2.